The molecule has 2 aliphatic rings. The SMILES string of the molecule is N[C@@H]1CC2CCC[C@@H](C1)N2O. The maximum absolute atomic E-state index is 9.58. The summed E-state index contributed by atoms with van der Waals surface area (Å²) in [6, 6.07) is 1.05. The number of hydrogen-bond donors (Lipinski definition) is 2. The van der Waals surface area contributed by atoms with Crippen LogP contribution in [0.15, 0.2) is 0 Å². The van der Waals surface area contributed by atoms with Crippen LogP contribution in [0.25, 0.3) is 0 Å². The van der Waals surface area contributed by atoms with Crippen LogP contribution in [0.1, 0.15) is 32.1 Å². The zero-order valence-corrected chi connectivity index (χ0v) is 6.74. The van der Waals surface area contributed by atoms with E-state index in [4.69, 9.17) is 5.73 Å². The van der Waals surface area contributed by atoms with E-state index < -0.39 is 0 Å². The molecule has 3 heteroatoms. The van der Waals surface area contributed by atoms with Crippen molar-refractivity contribution < 1.29 is 5.21 Å². The highest BCUT2D eigenvalue weighted by atomic mass is 16.5. The molecule has 0 spiro atoms. The molecule has 3 nitrogen and oxygen atoms in total. The molecule has 3 atom stereocenters. The van der Waals surface area contributed by atoms with Gasteiger partial charge in [-0.3, -0.25) is 0 Å². The molecule has 11 heavy (non-hydrogen) atoms. The van der Waals surface area contributed by atoms with E-state index in [0.717, 1.165) is 25.7 Å². The van der Waals surface area contributed by atoms with E-state index in [0.29, 0.717) is 18.1 Å². The number of hydrogen-bond acceptors (Lipinski definition) is 3. The molecular formula is C8H16N2O. The van der Waals surface area contributed by atoms with Crippen molar-refractivity contribution in [3.8, 4) is 0 Å². The lowest BCUT2D eigenvalue weighted by Gasteiger charge is -2.44. The van der Waals surface area contributed by atoms with Gasteiger partial charge in [-0.1, -0.05) is 6.42 Å². The molecule has 0 aromatic heterocycles. The summed E-state index contributed by atoms with van der Waals surface area (Å²) in [6.07, 6.45) is 5.47. The molecule has 0 aromatic rings. The summed E-state index contributed by atoms with van der Waals surface area (Å²) < 4.78 is 0. The largest absolute Gasteiger partial charge is 0.328 e. The van der Waals surface area contributed by atoms with Gasteiger partial charge < -0.3 is 10.9 Å². The van der Waals surface area contributed by atoms with Crippen LogP contribution in [0.4, 0.5) is 0 Å². The van der Waals surface area contributed by atoms with E-state index in [1.807, 2.05) is 0 Å². The van der Waals surface area contributed by atoms with Gasteiger partial charge in [-0.25, -0.2) is 0 Å². The normalized spacial score (nSPS) is 45.8. The minimum atomic E-state index is 0.327. The molecule has 2 saturated heterocycles. The van der Waals surface area contributed by atoms with Gasteiger partial charge in [-0.15, -0.1) is 0 Å². The van der Waals surface area contributed by atoms with E-state index in [2.05, 4.69) is 0 Å². The molecule has 2 fully saturated rings. The Kier molecular flexibility index (Phi) is 1.87. The average Bonchev–Trinajstić information content (AvgIpc) is 1.92. The maximum atomic E-state index is 9.58. The topological polar surface area (TPSA) is 49.5 Å². The fraction of sp³-hybridized carbons (Fsp3) is 1.00. The first kappa shape index (κ1) is 7.53. The first-order valence-electron chi connectivity index (χ1n) is 4.50. The molecule has 3 N–H and O–H groups in total. The summed E-state index contributed by atoms with van der Waals surface area (Å²) in [5.41, 5.74) is 5.85. The predicted octanol–water partition coefficient (Wildman–Crippen LogP) is 0.720. The number of fused-ring (bicyclic) bond motifs is 2. The number of rotatable bonds is 0. The molecule has 0 aliphatic carbocycles. The van der Waals surface area contributed by atoms with Crippen molar-refractivity contribution in [2.75, 3.05) is 0 Å². The van der Waals surface area contributed by atoms with E-state index in [-0.39, 0.29) is 0 Å². The van der Waals surface area contributed by atoms with E-state index in [9.17, 15) is 5.21 Å². The first-order valence-corrected chi connectivity index (χ1v) is 4.50. The van der Waals surface area contributed by atoms with Gasteiger partial charge in [0, 0.05) is 18.1 Å². The van der Waals surface area contributed by atoms with Gasteiger partial charge in [0.05, 0.1) is 0 Å². The van der Waals surface area contributed by atoms with Crippen LogP contribution in [-0.2, 0) is 0 Å². The Morgan fingerprint density at radius 1 is 1.18 bits per heavy atom. The molecule has 2 rings (SSSR count). The Morgan fingerprint density at radius 2 is 1.73 bits per heavy atom. The smallest absolute Gasteiger partial charge is 0.0368 e. The Balaban J connectivity index is 2.07. The molecule has 2 bridgehead atoms. The van der Waals surface area contributed by atoms with Gasteiger partial charge in [-0.05, 0) is 25.7 Å². The Labute approximate surface area is 67.1 Å². The van der Waals surface area contributed by atoms with Crippen LogP contribution < -0.4 is 5.73 Å². The fourth-order valence-electron chi connectivity index (χ4n) is 2.40. The summed E-state index contributed by atoms with van der Waals surface area (Å²) in [4.78, 5) is 0. The molecule has 2 aliphatic heterocycles. The monoisotopic (exact) mass is 156 g/mol. The highest BCUT2D eigenvalue weighted by Crippen LogP contribution is 2.31. The summed E-state index contributed by atoms with van der Waals surface area (Å²) in [5.74, 6) is 0. The molecule has 0 amide bonds. The van der Waals surface area contributed by atoms with Crippen molar-refractivity contribution in [1.82, 2.24) is 5.06 Å². The summed E-state index contributed by atoms with van der Waals surface area (Å²) in [5, 5.41) is 11.1. The summed E-state index contributed by atoms with van der Waals surface area (Å²) in [7, 11) is 0. The first-order chi connectivity index (χ1) is 5.27. The highest BCUT2D eigenvalue weighted by molar-refractivity contribution is 4.89. The molecule has 0 radical (unpaired) electrons. The van der Waals surface area contributed by atoms with Crippen LogP contribution in [0.5, 0.6) is 0 Å². The lowest BCUT2D eigenvalue weighted by atomic mass is 9.84. The zero-order chi connectivity index (χ0) is 7.84. The highest BCUT2D eigenvalue weighted by Gasteiger charge is 2.35. The Hall–Kier alpha value is -0.120. The minimum absolute atomic E-state index is 0.327. The molecular weight excluding hydrogens is 140 g/mol. The van der Waals surface area contributed by atoms with Gasteiger partial charge in [0.1, 0.15) is 0 Å². The third kappa shape index (κ3) is 1.28. The molecule has 2 heterocycles. The van der Waals surface area contributed by atoms with Gasteiger partial charge in [0.2, 0.25) is 0 Å². The second kappa shape index (κ2) is 2.73. The zero-order valence-electron chi connectivity index (χ0n) is 6.74. The van der Waals surface area contributed by atoms with Gasteiger partial charge in [0.25, 0.3) is 0 Å². The molecule has 0 saturated carbocycles. The summed E-state index contributed by atoms with van der Waals surface area (Å²) in [6.45, 7) is 0. The quantitative estimate of drug-likeness (QED) is 0.543. The molecule has 1 unspecified atom stereocenters. The molecule has 0 aromatic carbocycles. The van der Waals surface area contributed by atoms with E-state index >= 15 is 0 Å². The predicted molar refractivity (Wildman–Crippen MR) is 42.3 cm³/mol. The van der Waals surface area contributed by atoms with Crippen LogP contribution in [0, 0.1) is 0 Å². The second-order valence-corrected chi connectivity index (χ2v) is 3.85. The third-order valence-electron chi connectivity index (χ3n) is 2.97. The number of nitrogens with two attached hydrogens (primary N) is 1. The number of hydroxylamine groups is 2. The van der Waals surface area contributed by atoms with Crippen molar-refractivity contribution >= 4 is 0 Å². The lowest BCUT2D eigenvalue weighted by molar-refractivity contribution is -0.196. The van der Waals surface area contributed by atoms with E-state index in [1.54, 1.807) is 5.06 Å². The average molecular weight is 156 g/mol. The molecule has 64 valence electrons. The van der Waals surface area contributed by atoms with Crippen LogP contribution in [0.2, 0.25) is 0 Å². The van der Waals surface area contributed by atoms with E-state index in [1.165, 1.54) is 6.42 Å². The number of piperidine rings is 2. The fourth-order valence-corrected chi connectivity index (χ4v) is 2.40. The van der Waals surface area contributed by atoms with Crippen LogP contribution in [0.3, 0.4) is 0 Å². The van der Waals surface area contributed by atoms with Crippen LogP contribution in [-0.4, -0.2) is 28.4 Å². The lowest BCUT2D eigenvalue weighted by Crippen LogP contribution is -2.53. The van der Waals surface area contributed by atoms with Crippen molar-refractivity contribution in [1.29, 1.82) is 0 Å². The van der Waals surface area contributed by atoms with Crippen molar-refractivity contribution in [3.63, 3.8) is 0 Å². The van der Waals surface area contributed by atoms with Gasteiger partial charge in [-0.2, -0.15) is 5.06 Å². The second-order valence-electron chi connectivity index (χ2n) is 3.85. The van der Waals surface area contributed by atoms with Crippen molar-refractivity contribution in [3.05, 3.63) is 0 Å². The van der Waals surface area contributed by atoms with Crippen LogP contribution >= 0.6 is 0 Å². The van der Waals surface area contributed by atoms with Crippen molar-refractivity contribution in [2.24, 2.45) is 5.73 Å². The Bertz CT molecular complexity index is 137. The van der Waals surface area contributed by atoms with Crippen molar-refractivity contribution in [2.45, 2.75) is 50.2 Å². The standard InChI is InChI=1S/C8H16N2O/c9-6-4-7-2-1-3-8(5-6)10(7)11/h6-8,11H,1-5,9H2/t6-,7-,8?/m0/s1. The third-order valence-corrected chi connectivity index (χ3v) is 2.97. The summed E-state index contributed by atoms with van der Waals surface area (Å²) >= 11 is 0. The van der Waals surface area contributed by atoms with Gasteiger partial charge in [0.15, 0.2) is 0 Å². The Morgan fingerprint density at radius 3 is 2.27 bits per heavy atom. The minimum Gasteiger partial charge on any atom is -0.328 e. The van der Waals surface area contributed by atoms with Gasteiger partial charge >= 0.3 is 0 Å². The number of nitrogens with zero attached hydrogens (tertiary/aromatic N) is 1. The maximum Gasteiger partial charge on any atom is 0.0368 e.